The summed E-state index contributed by atoms with van der Waals surface area (Å²) in [4.78, 5) is 25.4. The van der Waals surface area contributed by atoms with Gasteiger partial charge in [0.2, 0.25) is 0 Å². The zero-order valence-electron chi connectivity index (χ0n) is 23.3. The van der Waals surface area contributed by atoms with Gasteiger partial charge in [-0.05, 0) is 53.4 Å². The van der Waals surface area contributed by atoms with E-state index in [9.17, 15) is 14.0 Å². The van der Waals surface area contributed by atoms with E-state index in [1.807, 2.05) is 66.7 Å². The van der Waals surface area contributed by atoms with Crippen molar-refractivity contribution in [2.24, 2.45) is 0 Å². The fourth-order valence-electron chi connectivity index (χ4n) is 4.40. The first-order valence-electron chi connectivity index (χ1n) is 14.1. The van der Waals surface area contributed by atoms with Crippen LogP contribution >= 0.6 is 0 Å². The molecule has 0 aliphatic rings. The molecule has 0 aliphatic heterocycles. The normalized spacial score (nSPS) is 10.7. The van der Waals surface area contributed by atoms with Gasteiger partial charge in [0, 0.05) is 6.07 Å². The van der Waals surface area contributed by atoms with Crippen molar-refractivity contribution in [2.75, 3.05) is 6.61 Å². The monoisotopic (exact) mass is 554 g/mol. The fraction of sp³-hybridized carbons (Fsp3) is 0.257. The van der Waals surface area contributed by atoms with E-state index < -0.39 is 17.8 Å². The minimum Gasteiger partial charge on any atom is -0.494 e. The molecule has 0 atom stereocenters. The fourth-order valence-corrected chi connectivity index (χ4v) is 4.40. The lowest BCUT2D eigenvalue weighted by molar-refractivity contribution is 0.0467. The van der Waals surface area contributed by atoms with Gasteiger partial charge in [-0.15, -0.1) is 0 Å². The van der Waals surface area contributed by atoms with Crippen LogP contribution in [0.15, 0.2) is 97.1 Å². The summed E-state index contributed by atoms with van der Waals surface area (Å²) in [5, 5.41) is 0. The summed E-state index contributed by atoms with van der Waals surface area (Å²) in [7, 11) is 0. The molecule has 6 heteroatoms. The highest BCUT2D eigenvalue weighted by Crippen LogP contribution is 2.28. The van der Waals surface area contributed by atoms with Crippen LogP contribution in [0.3, 0.4) is 0 Å². The molecular weight excluding hydrogens is 519 g/mol. The standard InChI is InChI=1S/C35H35FO5/c1-2-3-4-5-6-12-23-39-28-19-17-27(18-20-28)30-15-10-11-16-31(30)35(38)41-29-21-22-32(33(36)24-29)34(37)40-25-26-13-8-7-9-14-26/h7-11,13-22,24H,2-6,12,23,25H2,1H3. The van der Waals surface area contributed by atoms with Crippen molar-refractivity contribution >= 4 is 11.9 Å². The van der Waals surface area contributed by atoms with Gasteiger partial charge in [0.25, 0.3) is 0 Å². The zero-order chi connectivity index (χ0) is 28.9. The average molecular weight is 555 g/mol. The summed E-state index contributed by atoms with van der Waals surface area (Å²) < 4.78 is 31.3. The predicted octanol–water partition coefficient (Wildman–Crippen LogP) is 8.81. The first-order valence-corrected chi connectivity index (χ1v) is 14.1. The minimum absolute atomic E-state index is 0.0136. The van der Waals surface area contributed by atoms with Gasteiger partial charge < -0.3 is 14.2 Å². The molecule has 4 aromatic carbocycles. The maximum Gasteiger partial charge on any atom is 0.344 e. The van der Waals surface area contributed by atoms with Crippen LogP contribution in [0.25, 0.3) is 11.1 Å². The third-order valence-electron chi connectivity index (χ3n) is 6.66. The number of halogens is 1. The molecule has 0 fully saturated rings. The second-order valence-corrected chi connectivity index (χ2v) is 9.78. The molecule has 0 saturated heterocycles. The van der Waals surface area contributed by atoms with Gasteiger partial charge in [-0.25, -0.2) is 14.0 Å². The van der Waals surface area contributed by atoms with Gasteiger partial charge in [-0.1, -0.05) is 99.7 Å². The Morgan fingerprint density at radius 3 is 2.12 bits per heavy atom. The third-order valence-corrected chi connectivity index (χ3v) is 6.66. The maximum atomic E-state index is 14.7. The quantitative estimate of drug-likeness (QED) is 0.0885. The summed E-state index contributed by atoms with van der Waals surface area (Å²) in [5.41, 5.74) is 2.40. The molecule has 0 radical (unpaired) electrons. The Bertz CT molecular complexity index is 1420. The van der Waals surface area contributed by atoms with Crippen LogP contribution in [0, 0.1) is 5.82 Å². The SMILES string of the molecule is CCCCCCCCOc1ccc(-c2ccccc2C(=O)Oc2ccc(C(=O)OCc3ccccc3)c(F)c2)cc1. The molecule has 0 bridgehead atoms. The van der Waals surface area contributed by atoms with Crippen LogP contribution in [-0.4, -0.2) is 18.5 Å². The van der Waals surface area contributed by atoms with Crippen molar-refractivity contribution in [3.63, 3.8) is 0 Å². The van der Waals surface area contributed by atoms with Gasteiger partial charge in [0.15, 0.2) is 0 Å². The Hall–Kier alpha value is -4.45. The number of hydrogen-bond donors (Lipinski definition) is 0. The lowest BCUT2D eigenvalue weighted by Gasteiger charge is -2.12. The van der Waals surface area contributed by atoms with E-state index in [0.29, 0.717) is 17.7 Å². The molecule has 212 valence electrons. The molecule has 0 saturated carbocycles. The van der Waals surface area contributed by atoms with Crippen molar-refractivity contribution in [2.45, 2.75) is 52.1 Å². The highest BCUT2D eigenvalue weighted by Gasteiger charge is 2.18. The van der Waals surface area contributed by atoms with Crippen molar-refractivity contribution in [1.29, 1.82) is 0 Å². The van der Waals surface area contributed by atoms with Crippen LogP contribution < -0.4 is 9.47 Å². The van der Waals surface area contributed by atoms with E-state index in [1.54, 1.807) is 12.1 Å². The predicted molar refractivity (Wildman–Crippen MR) is 158 cm³/mol. The number of hydrogen-bond acceptors (Lipinski definition) is 5. The zero-order valence-corrected chi connectivity index (χ0v) is 23.3. The number of ether oxygens (including phenoxy) is 3. The van der Waals surface area contributed by atoms with Crippen LogP contribution in [0.2, 0.25) is 0 Å². The Morgan fingerprint density at radius 1 is 0.683 bits per heavy atom. The Labute approximate surface area is 240 Å². The first kappa shape index (κ1) is 29.5. The summed E-state index contributed by atoms with van der Waals surface area (Å²) in [6.45, 7) is 2.91. The van der Waals surface area contributed by atoms with E-state index >= 15 is 0 Å². The number of benzene rings is 4. The summed E-state index contributed by atoms with van der Waals surface area (Å²) in [6.07, 6.45) is 7.23. The van der Waals surface area contributed by atoms with Crippen molar-refractivity contribution in [3.8, 4) is 22.6 Å². The average Bonchev–Trinajstić information content (AvgIpc) is 3.00. The van der Waals surface area contributed by atoms with E-state index in [2.05, 4.69) is 6.92 Å². The maximum absolute atomic E-state index is 14.7. The summed E-state index contributed by atoms with van der Waals surface area (Å²) >= 11 is 0. The number of esters is 2. The number of carbonyl (C=O) groups excluding carboxylic acids is 2. The van der Waals surface area contributed by atoms with Crippen LogP contribution in [0.1, 0.15) is 71.7 Å². The second-order valence-electron chi connectivity index (χ2n) is 9.78. The van der Waals surface area contributed by atoms with E-state index in [0.717, 1.165) is 29.4 Å². The third kappa shape index (κ3) is 8.77. The molecule has 0 amide bonds. The molecule has 4 aromatic rings. The Balaban J connectivity index is 1.35. The van der Waals surface area contributed by atoms with Crippen LogP contribution in [-0.2, 0) is 11.3 Å². The van der Waals surface area contributed by atoms with Gasteiger partial charge >= 0.3 is 11.9 Å². The van der Waals surface area contributed by atoms with Crippen molar-refractivity contribution in [1.82, 2.24) is 0 Å². The molecule has 41 heavy (non-hydrogen) atoms. The van der Waals surface area contributed by atoms with Gasteiger partial charge in [-0.2, -0.15) is 0 Å². The number of carbonyl (C=O) groups is 2. The number of rotatable bonds is 14. The van der Waals surface area contributed by atoms with E-state index in [-0.39, 0.29) is 17.9 Å². The second kappa shape index (κ2) is 15.4. The molecule has 5 nitrogen and oxygen atoms in total. The molecule has 0 N–H and O–H groups in total. The molecular formula is C35H35FO5. The van der Waals surface area contributed by atoms with Gasteiger partial charge in [0.05, 0.1) is 17.7 Å². The van der Waals surface area contributed by atoms with Crippen molar-refractivity contribution in [3.05, 3.63) is 120 Å². The van der Waals surface area contributed by atoms with E-state index in [4.69, 9.17) is 14.2 Å². The molecule has 0 heterocycles. The Kier molecular flexibility index (Phi) is 11.1. The highest BCUT2D eigenvalue weighted by molar-refractivity contribution is 5.98. The van der Waals surface area contributed by atoms with E-state index in [1.165, 1.54) is 44.2 Å². The molecule has 4 rings (SSSR count). The van der Waals surface area contributed by atoms with Crippen molar-refractivity contribution < 1.29 is 28.2 Å². The molecule has 0 unspecified atom stereocenters. The number of unbranched alkanes of at least 4 members (excludes halogenated alkanes) is 5. The molecule has 0 spiro atoms. The van der Waals surface area contributed by atoms with Gasteiger partial charge in [-0.3, -0.25) is 0 Å². The molecule has 0 aromatic heterocycles. The highest BCUT2D eigenvalue weighted by atomic mass is 19.1. The lowest BCUT2D eigenvalue weighted by atomic mass is 9.99. The van der Waals surface area contributed by atoms with Gasteiger partial charge in [0.1, 0.15) is 23.9 Å². The minimum atomic E-state index is -0.835. The largest absolute Gasteiger partial charge is 0.494 e. The van der Waals surface area contributed by atoms with Crippen LogP contribution in [0.5, 0.6) is 11.5 Å². The first-order chi connectivity index (χ1) is 20.0. The summed E-state index contributed by atoms with van der Waals surface area (Å²) in [5.74, 6) is -1.50. The smallest absolute Gasteiger partial charge is 0.344 e. The topological polar surface area (TPSA) is 61.8 Å². The molecule has 0 aliphatic carbocycles. The van der Waals surface area contributed by atoms with Crippen LogP contribution in [0.4, 0.5) is 4.39 Å². The lowest BCUT2D eigenvalue weighted by Crippen LogP contribution is -2.11. The Morgan fingerprint density at radius 2 is 1.37 bits per heavy atom. The summed E-state index contributed by atoms with van der Waals surface area (Å²) in [6, 6.07) is 27.4.